The van der Waals surface area contributed by atoms with Gasteiger partial charge in [0.1, 0.15) is 11.5 Å². The third-order valence-corrected chi connectivity index (χ3v) is 4.28. The van der Waals surface area contributed by atoms with Crippen molar-refractivity contribution in [3.8, 4) is 11.5 Å². The Morgan fingerprint density at radius 3 is 2.39 bits per heavy atom. The molecule has 150 valence electrons. The first kappa shape index (κ1) is 21.1. The van der Waals surface area contributed by atoms with Crippen LogP contribution < -0.4 is 20.1 Å². The Morgan fingerprint density at radius 2 is 1.75 bits per heavy atom. The first-order chi connectivity index (χ1) is 13.6. The molecule has 7 nitrogen and oxygen atoms in total. The normalized spacial score (nSPS) is 10.1. The fourth-order valence-electron chi connectivity index (χ4n) is 2.71. The molecule has 2 N–H and O–H groups in total. The molecule has 0 unspecified atom stereocenters. The van der Waals surface area contributed by atoms with Gasteiger partial charge in [0.15, 0.2) is 0 Å². The summed E-state index contributed by atoms with van der Waals surface area (Å²) in [6, 6.07) is 14.7. The molecule has 0 aliphatic heterocycles. The molecule has 0 radical (unpaired) electrons. The van der Waals surface area contributed by atoms with Gasteiger partial charge < -0.3 is 25.0 Å². The lowest BCUT2D eigenvalue weighted by Crippen LogP contribution is -2.43. The van der Waals surface area contributed by atoms with Crippen LogP contribution in [0.5, 0.6) is 11.5 Å². The second-order valence-corrected chi connectivity index (χ2v) is 6.11. The summed E-state index contributed by atoms with van der Waals surface area (Å²) < 4.78 is 10.5. The van der Waals surface area contributed by atoms with E-state index in [4.69, 9.17) is 9.47 Å². The van der Waals surface area contributed by atoms with Crippen molar-refractivity contribution >= 4 is 11.9 Å². The molecule has 0 spiro atoms. The predicted molar refractivity (Wildman–Crippen MR) is 107 cm³/mol. The van der Waals surface area contributed by atoms with Gasteiger partial charge in [-0.3, -0.25) is 4.79 Å². The Bertz CT molecular complexity index is 780. The van der Waals surface area contributed by atoms with Crippen LogP contribution in [0.25, 0.3) is 0 Å². The zero-order valence-corrected chi connectivity index (χ0v) is 16.5. The van der Waals surface area contributed by atoms with E-state index in [2.05, 4.69) is 10.6 Å². The molecule has 0 bridgehead atoms. The second-order valence-electron chi connectivity index (χ2n) is 6.11. The highest BCUT2D eigenvalue weighted by atomic mass is 16.5. The number of nitrogens with zero attached hydrogens (tertiary/aromatic N) is 1. The van der Waals surface area contributed by atoms with E-state index < -0.39 is 6.03 Å². The fourth-order valence-corrected chi connectivity index (χ4v) is 2.71. The van der Waals surface area contributed by atoms with Crippen LogP contribution in [0.3, 0.4) is 0 Å². The molecule has 0 aliphatic rings. The van der Waals surface area contributed by atoms with Gasteiger partial charge in [-0.15, -0.1) is 0 Å². The second kappa shape index (κ2) is 10.8. The molecule has 2 aromatic carbocycles. The number of ether oxygens (including phenoxy) is 2. The van der Waals surface area contributed by atoms with Crippen molar-refractivity contribution in [2.75, 3.05) is 27.3 Å². The number of carbonyl (C=O) groups excluding carboxylic acids is 2. The van der Waals surface area contributed by atoms with Crippen molar-refractivity contribution in [2.45, 2.75) is 20.0 Å². The standard InChI is InChI=1S/C21H27N3O4/c1-4-24(15-16-8-6-5-7-9-16)20(25)14-23-21(26)22-13-17-12-18(27-2)10-11-19(17)28-3/h5-12H,4,13-15H2,1-3H3,(H2,22,23,26). The number of likely N-dealkylation sites (N-methyl/N-ethyl adjacent to an activating group) is 1. The summed E-state index contributed by atoms with van der Waals surface area (Å²) in [6.45, 7) is 3.18. The predicted octanol–water partition coefficient (Wildman–Crippen LogP) is 2.55. The van der Waals surface area contributed by atoms with E-state index in [1.54, 1.807) is 37.3 Å². The highest BCUT2D eigenvalue weighted by Gasteiger charge is 2.14. The minimum Gasteiger partial charge on any atom is -0.497 e. The largest absolute Gasteiger partial charge is 0.497 e. The molecular weight excluding hydrogens is 358 g/mol. The summed E-state index contributed by atoms with van der Waals surface area (Å²) >= 11 is 0. The Hall–Kier alpha value is -3.22. The Kier molecular flexibility index (Phi) is 8.14. The zero-order valence-electron chi connectivity index (χ0n) is 16.5. The monoisotopic (exact) mass is 385 g/mol. The van der Waals surface area contributed by atoms with Gasteiger partial charge in [-0.25, -0.2) is 4.79 Å². The van der Waals surface area contributed by atoms with Gasteiger partial charge in [-0.05, 0) is 30.7 Å². The molecule has 0 atom stereocenters. The van der Waals surface area contributed by atoms with Crippen molar-refractivity contribution in [2.24, 2.45) is 0 Å². The van der Waals surface area contributed by atoms with Gasteiger partial charge in [0.2, 0.25) is 5.91 Å². The number of hydrogen-bond donors (Lipinski definition) is 2. The molecule has 0 aliphatic carbocycles. The summed E-state index contributed by atoms with van der Waals surface area (Å²) in [7, 11) is 3.14. The van der Waals surface area contributed by atoms with Gasteiger partial charge in [0.05, 0.1) is 20.8 Å². The number of urea groups is 1. The van der Waals surface area contributed by atoms with Crippen LogP contribution in [0.2, 0.25) is 0 Å². The van der Waals surface area contributed by atoms with Crippen LogP contribution in [0.1, 0.15) is 18.1 Å². The van der Waals surface area contributed by atoms with Gasteiger partial charge in [-0.2, -0.15) is 0 Å². The molecule has 7 heteroatoms. The van der Waals surface area contributed by atoms with E-state index in [-0.39, 0.29) is 19.0 Å². The Labute approximate surface area is 165 Å². The highest BCUT2D eigenvalue weighted by molar-refractivity contribution is 5.84. The van der Waals surface area contributed by atoms with Crippen molar-refractivity contribution in [3.63, 3.8) is 0 Å². The molecule has 0 heterocycles. The number of carbonyl (C=O) groups is 2. The van der Waals surface area contributed by atoms with E-state index in [9.17, 15) is 9.59 Å². The maximum Gasteiger partial charge on any atom is 0.315 e. The lowest BCUT2D eigenvalue weighted by Gasteiger charge is -2.21. The third kappa shape index (κ3) is 6.19. The first-order valence-electron chi connectivity index (χ1n) is 9.11. The van der Waals surface area contributed by atoms with E-state index >= 15 is 0 Å². The van der Waals surface area contributed by atoms with Crippen LogP contribution in [-0.4, -0.2) is 44.1 Å². The number of nitrogens with one attached hydrogen (secondary N) is 2. The summed E-state index contributed by atoms with van der Waals surface area (Å²) in [5.74, 6) is 1.19. The van der Waals surface area contributed by atoms with Gasteiger partial charge >= 0.3 is 6.03 Å². The molecule has 3 amide bonds. The van der Waals surface area contributed by atoms with Gasteiger partial charge in [0, 0.05) is 25.2 Å². The van der Waals surface area contributed by atoms with Crippen molar-refractivity contribution in [1.82, 2.24) is 15.5 Å². The minimum absolute atomic E-state index is 0.0677. The zero-order chi connectivity index (χ0) is 20.4. The summed E-state index contributed by atoms with van der Waals surface area (Å²) in [4.78, 5) is 26.2. The van der Waals surface area contributed by atoms with Crippen LogP contribution >= 0.6 is 0 Å². The molecule has 0 aromatic heterocycles. The van der Waals surface area contributed by atoms with E-state index in [0.717, 1.165) is 11.1 Å². The van der Waals surface area contributed by atoms with Crippen molar-refractivity contribution in [1.29, 1.82) is 0 Å². The smallest absolute Gasteiger partial charge is 0.315 e. The summed E-state index contributed by atoms with van der Waals surface area (Å²) in [5, 5.41) is 5.34. The summed E-state index contributed by atoms with van der Waals surface area (Å²) in [5.41, 5.74) is 1.83. The summed E-state index contributed by atoms with van der Waals surface area (Å²) in [6.07, 6.45) is 0. The molecular formula is C21H27N3O4. The van der Waals surface area contributed by atoms with Crippen LogP contribution in [0.4, 0.5) is 4.79 Å². The van der Waals surface area contributed by atoms with Crippen LogP contribution in [0.15, 0.2) is 48.5 Å². The fraction of sp³-hybridized carbons (Fsp3) is 0.333. The Morgan fingerprint density at radius 1 is 1.00 bits per heavy atom. The van der Waals surface area contributed by atoms with E-state index in [1.165, 1.54) is 0 Å². The van der Waals surface area contributed by atoms with Crippen LogP contribution in [-0.2, 0) is 17.9 Å². The molecule has 2 rings (SSSR count). The number of methoxy groups -OCH3 is 2. The SMILES string of the molecule is CCN(Cc1ccccc1)C(=O)CNC(=O)NCc1cc(OC)ccc1OC. The van der Waals surface area contributed by atoms with Crippen molar-refractivity contribution < 1.29 is 19.1 Å². The minimum atomic E-state index is -0.422. The average molecular weight is 385 g/mol. The molecule has 0 saturated carbocycles. The Balaban J connectivity index is 1.83. The van der Waals surface area contributed by atoms with Crippen molar-refractivity contribution in [3.05, 3.63) is 59.7 Å². The third-order valence-electron chi connectivity index (χ3n) is 4.28. The quantitative estimate of drug-likeness (QED) is 0.695. The molecule has 2 aromatic rings. The maximum absolute atomic E-state index is 12.4. The van der Waals surface area contributed by atoms with E-state index in [0.29, 0.717) is 24.6 Å². The van der Waals surface area contributed by atoms with Gasteiger partial charge in [-0.1, -0.05) is 30.3 Å². The molecule has 0 saturated heterocycles. The highest BCUT2D eigenvalue weighted by Crippen LogP contribution is 2.23. The first-order valence-corrected chi connectivity index (χ1v) is 9.11. The van der Waals surface area contributed by atoms with Gasteiger partial charge in [0.25, 0.3) is 0 Å². The molecule has 28 heavy (non-hydrogen) atoms. The number of hydrogen-bond acceptors (Lipinski definition) is 4. The topological polar surface area (TPSA) is 79.9 Å². The van der Waals surface area contributed by atoms with Crippen LogP contribution in [0, 0.1) is 0 Å². The average Bonchev–Trinajstić information content (AvgIpc) is 2.74. The lowest BCUT2D eigenvalue weighted by atomic mass is 10.2. The van der Waals surface area contributed by atoms with E-state index in [1.807, 2.05) is 37.3 Å². The lowest BCUT2D eigenvalue weighted by molar-refractivity contribution is -0.130. The maximum atomic E-state index is 12.4. The molecule has 0 fully saturated rings. The number of benzene rings is 2. The number of rotatable bonds is 9. The number of amides is 3.